The number of methoxy groups -OCH3 is 1. The maximum atomic E-state index is 11.9. The number of hydrogen-bond donors (Lipinski definition) is 0. The highest BCUT2D eigenvalue weighted by Gasteiger charge is 2.36. The summed E-state index contributed by atoms with van der Waals surface area (Å²) in [7, 11) is 1.42. The lowest BCUT2D eigenvalue weighted by Crippen LogP contribution is -2.15. The van der Waals surface area contributed by atoms with Crippen molar-refractivity contribution in [3.8, 4) is 0 Å². The van der Waals surface area contributed by atoms with E-state index in [0.29, 0.717) is 12.0 Å². The van der Waals surface area contributed by atoms with Gasteiger partial charge in [-0.15, -0.1) is 0 Å². The average Bonchev–Trinajstić information content (AvgIpc) is 2.84. The molecule has 4 heteroatoms. The van der Waals surface area contributed by atoms with Gasteiger partial charge in [0.15, 0.2) is 0 Å². The second-order valence-electron chi connectivity index (χ2n) is 6.90. The summed E-state index contributed by atoms with van der Waals surface area (Å²) in [5.74, 6) is -0.478. The van der Waals surface area contributed by atoms with E-state index in [9.17, 15) is 9.59 Å². The molecule has 1 fully saturated rings. The molecule has 25 heavy (non-hydrogen) atoms. The predicted molar refractivity (Wildman–Crippen MR) is 97.8 cm³/mol. The second kappa shape index (κ2) is 8.84. The summed E-state index contributed by atoms with van der Waals surface area (Å²) >= 11 is 0. The molecule has 0 aromatic rings. The Kier molecular flexibility index (Phi) is 6.80. The molecule has 0 aromatic heterocycles. The van der Waals surface area contributed by atoms with E-state index >= 15 is 0 Å². The van der Waals surface area contributed by atoms with E-state index in [1.807, 2.05) is 19.1 Å². The third-order valence-electron chi connectivity index (χ3n) is 4.93. The van der Waals surface area contributed by atoms with E-state index in [-0.39, 0.29) is 24.0 Å². The molecule has 0 amide bonds. The van der Waals surface area contributed by atoms with E-state index in [0.717, 1.165) is 43.3 Å². The fourth-order valence-electron chi connectivity index (χ4n) is 3.34. The maximum Gasteiger partial charge on any atom is 0.334 e. The maximum absolute atomic E-state index is 11.9. The van der Waals surface area contributed by atoms with Crippen molar-refractivity contribution in [1.82, 2.24) is 0 Å². The summed E-state index contributed by atoms with van der Waals surface area (Å²) in [6, 6.07) is 0. The zero-order chi connectivity index (χ0) is 18.4. The van der Waals surface area contributed by atoms with E-state index in [1.165, 1.54) is 12.7 Å². The van der Waals surface area contributed by atoms with E-state index in [1.54, 1.807) is 0 Å². The van der Waals surface area contributed by atoms with Gasteiger partial charge in [-0.2, -0.15) is 0 Å². The minimum atomic E-state index is -0.280. The first-order valence-electron chi connectivity index (χ1n) is 8.92. The number of esters is 2. The van der Waals surface area contributed by atoms with Crippen LogP contribution in [-0.2, 0) is 19.1 Å². The van der Waals surface area contributed by atoms with Crippen molar-refractivity contribution in [2.24, 2.45) is 5.92 Å². The molecule has 0 N–H and O–H groups in total. The first-order valence-corrected chi connectivity index (χ1v) is 8.92. The molecule has 2 rings (SSSR count). The SMILES string of the molecule is C=C1C(=O)OC2/C=C(\C)CC/C=C(\C(=O)OC)CC/C=C(\C)CC[C@@H]12. The minimum Gasteiger partial charge on any atom is -0.466 e. The van der Waals surface area contributed by atoms with Gasteiger partial charge < -0.3 is 9.47 Å². The van der Waals surface area contributed by atoms with Gasteiger partial charge in [0.25, 0.3) is 0 Å². The Hall–Kier alpha value is -2.10. The van der Waals surface area contributed by atoms with Crippen molar-refractivity contribution >= 4 is 11.9 Å². The van der Waals surface area contributed by atoms with Crippen molar-refractivity contribution in [2.45, 2.75) is 58.5 Å². The summed E-state index contributed by atoms with van der Waals surface area (Å²) in [4.78, 5) is 23.8. The Morgan fingerprint density at radius 2 is 1.88 bits per heavy atom. The third kappa shape index (κ3) is 5.18. The Bertz CT molecular complexity index is 636. The van der Waals surface area contributed by atoms with Crippen LogP contribution in [0.3, 0.4) is 0 Å². The highest BCUT2D eigenvalue weighted by Crippen LogP contribution is 2.33. The summed E-state index contributed by atoms with van der Waals surface area (Å²) in [5, 5.41) is 0. The smallest absolute Gasteiger partial charge is 0.334 e. The first-order chi connectivity index (χ1) is 11.9. The highest BCUT2D eigenvalue weighted by molar-refractivity contribution is 5.91. The minimum absolute atomic E-state index is 0.0508. The zero-order valence-corrected chi connectivity index (χ0v) is 15.5. The summed E-state index contributed by atoms with van der Waals surface area (Å²) in [5.41, 5.74) is 3.73. The van der Waals surface area contributed by atoms with Gasteiger partial charge in [0, 0.05) is 17.1 Å². The fourth-order valence-corrected chi connectivity index (χ4v) is 3.34. The van der Waals surface area contributed by atoms with Crippen LogP contribution in [0.4, 0.5) is 0 Å². The van der Waals surface area contributed by atoms with E-state index < -0.39 is 0 Å². The van der Waals surface area contributed by atoms with Crippen LogP contribution < -0.4 is 0 Å². The number of carbonyl (C=O) groups is 2. The van der Waals surface area contributed by atoms with Gasteiger partial charge >= 0.3 is 11.9 Å². The molecular formula is C21H28O4. The molecule has 2 aliphatic rings. The molecule has 1 aliphatic heterocycles. The Morgan fingerprint density at radius 1 is 1.16 bits per heavy atom. The number of hydrogen-bond acceptors (Lipinski definition) is 4. The average molecular weight is 344 g/mol. The van der Waals surface area contributed by atoms with Crippen LogP contribution in [0, 0.1) is 5.92 Å². The van der Waals surface area contributed by atoms with Crippen LogP contribution in [0.5, 0.6) is 0 Å². The van der Waals surface area contributed by atoms with Gasteiger partial charge in [0.2, 0.25) is 0 Å². The molecule has 0 spiro atoms. The number of ether oxygens (including phenoxy) is 2. The summed E-state index contributed by atoms with van der Waals surface area (Å²) in [6.45, 7) is 8.05. The predicted octanol–water partition coefficient (Wildman–Crippen LogP) is 4.43. The normalized spacial score (nSPS) is 32.0. The molecule has 0 radical (unpaired) electrons. The summed E-state index contributed by atoms with van der Waals surface area (Å²) < 4.78 is 10.4. The van der Waals surface area contributed by atoms with Crippen molar-refractivity contribution in [3.05, 3.63) is 47.1 Å². The van der Waals surface area contributed by atoms with Gasteiger partial charge in [-0.3, -0.25) is 0 Å². The number of carbonyl (C=O) groups excluding carboxylic acids is 2. The van der Waals surface area contributed by atoms with Gasteiger partial charge in [0.1, 0.15) is 6.10 Å². The lowest BCUT2D eigenvalue weighted by molar-refractivity contribution is -0.138. The van der Waals surface area contributed by atoms with Gasteiger partial charge in [0.05, 0.1) is 7.11 Å². The quantitative estimate of drug-likeness (QED) is 0.401. The first kappa shape index (κ1) is 19.2. The molecule has 0 aromatic carbocycles. The molecule has 1 unspecified atom stereocenters. The van der Waals surface area contributed by atoms with Crippen molar-refractivity contribution in [2.75, 3.05) is 7.11 Å². The fraction of sp³-hybridized carbons (Fsp3) is 0.524. The molecule has 1 saturated heterocycles. The summed E-state index contributed by atoms with van der Waals surface area (Å²) in [6.07, 6.45) is 10.8. The van der Waals surface area contributed by atoms with Crippen molar-refractivity contribution in [1.29, 1.82) is 0 Å². The van der Waals surface area contributed by atoms with E-state index in [2.05, 4.69) is 19.6 Å². The molecular weight excluding hydrogens is 316 g/mol. The highest BCUT2D eigenvalue weighted by atomic mass is 16.6. The van der Waals surface area contributed by atoms with Crippen LogP contribution >= 0.6 is 0 Å². The number of fused-ring (bicyclic) bond motifs is 1. The van der Waals surface area contributed by atoms with Crippen LogP contribution in [0.25, 0.3) is 0 Å². The van der Waals surface area contributed by atoms with Crippen molar-refractivity contribution < 1.29 is 19.1 Å². The van der Waals surface area contributed by atoms with Gasteiger partial charge in [-0.05, 0) is 58.4 Å². The third-order valence-corrected chi connectivity index (χ3v) is 4.93. The lowest BCUT2D eigenvalue weighted by atomic mass is 9.89. The van der Waals surface area contributed by atoms with Crippen LogP contribution in [-0.4, -0.2) is 25.2 Å². The second-order valence-corrected chi connectivity index (χ2v) is 6.90. The molecule has 0 bridgehead atoms. The molecule has 136 valence electrons. The van der Waals surface area contributed by atoms with Crippen LogP contribution in [0.2, 0.25) is 0 Å². The van der Waals surface area contributed by atoms with E-state index in [4.69, 9.17) is 9.47 Å². The topological polar surface area (TPSA) is 52.6 Å². The molecule has 1 heterocycles. The molecule has 0 saturated carbocycles. The monoisotopic (exact) mass is 344 g/mol. The lowest BCUT2D eigenvalue weighted by Gasteiger charge is -2.16. The van der Waals surface area contributed by atoms with Gasteiger partial charge in [-0.1, -0.05) is 29.9 Å². The Labute approximate surface area is 150 Å². The number of rotatable bonds is 1. The van der Waals surface area contributed by atoms with Crippen molar-refractivity contribution in [3.63, 3.8) is 0 Å². The zero-order valence-electron chi connectivity index (χ0n) is 15.5. The molecule has 1 aliphatic carbocycles. The standard InChI is InChI=1S/C21H28O4/c1-14-7-5-9-17(21(23)24-4)10-6-8-15(2)13-19-18(12-11-14)16(3)20(22)25-19/h7,10,13,18-19H,3,5-6,8-9,11-12H2,1-2,4H3/b14-7+,15-13+,17-10-/t18-,19?/m0/s1. The van der Waals surface area contributed by atoms with Crippen LogP contribution in [0.15, 0.2) is 47.1 Å². The van der Waals surface area contributed by atoms with Gasteiger partial charge in [-0.25, -0.2) is 9.59 Å². The molecule has 2 atom stereocenters. The largest absolute Gasteiger partial charge is 0.466 e. The molecule has 4 nitrogen and oxygen atoms in total. The Morgan fingerprint density at radius 3 is 2.60 bits per heavy atom. The Balaban J connectivity index is 2.23. The number of allylic oxidation sites excluding steroid dienone is 4. The van der Waals surface area contributed by atoms with Crippen LogP contribution in [0.1, 0.15) is 52.4 Å².